The highest BCUT2D eigenvalue weighted by Crippen LogP contribution is 2.42. The van der Waals surface area contributed by atoms with Crippen LogP contribution in [-0.2, 0) is 0 Å². The van der Waals surface area contributed by atoms with E-state index in [1.54, 1.807) is 0 Å². The smallest absolute Gasteiger partial charge is 0.251 e. The van der Waals surface area contributed by atoms with Gasteiger partial charge in [-0.25, -0.2) is 4.98 Å². The molecule has 0 bridgehead atoms. The predicted octanol–water partition coefficient (Wildman–Crippen LogP) is 3.40. The molecule has 1 saturated carbocycles. The molecule has 1 N–H and O–H groups in total. The van der Waals surface area contributed by atoms with E-state index in [9.17, 15) is 4.79 Å². The van der Waals surface area contributed by atoms with Crippen LogP contribution in [0, 0.1) is 0 Å². The van der Waals surface area contributed by atoms with Crippen molar-refractivity contribution in [2.24, 2.45) is 0 Å². The monoisotopic (exact) mass is 304 g/mol. The zero-order valence-corrected chi connectivity index (χ0v) is 12.3. The number of hydrogen-bond donors (Lipinski definition) is 1. The summed E-state index contributed by atoms with van der Waals surface area (Å²) in [5, 5.41) is 3.41. The summed E-state index contributed by atoms with van der Waals surface area (Å²) < 4.78 is 0.219. The van der Waals surface area contributed by atoms with Crippen LogP contribution in [0.15, 0.2) is 12.1 Å². The summed E-state index contributed by atoms with van der Waals surface area (Å²) in [6, 6.07) is 3.05. The van der Waals surface area contributed by atoms with Crippen molar-refractivity contribution in [2.75, 3.05) is 12.8 Å². The molecule has 3 nitrogen and oxygen atoms in total. The van der Waals surface area contributed by atoms with E-state index in [1.807, 2.05) is 11.8 Å². The van der Waals surface area contributed by atoms with Crippen molar-refractivity contribution in [1.82, 2.24) is 10.3 Å². The van der Waals surface area contributed by atoms with Crippen molar-refractivity contribution >= 4 is 40.9 Å². The van der Waals surface area contributed by atoms with Crippen molar-refractivity contribution in [3.05, 3.63) is 28.0 Å². The van der Waals surface area contributed by atoms with Gasteiger partial charge in [0.25, 0.3) is 5.91 Å². The number of carbonyl (C=O) groups excluding carboxylic acids is 1. The molecular weight excluding hydrogens is 291 g/mol. The molecule has 1 aromatic rings. The average Bonchev–Trinajstić information content (AvgIpc) is 2.26. The van der Waals surface area contributed by atoms with Gasteiger partial charge in [0.2, 0.25) is 0 Å². The summed E-state index contributed by atoms with van der Waals surface area (Å²) in [7, 11) is 0. The quantitative estimate of drug-likeness (QED) is 0.867. The molecule has 1 aliphatic carbocycles. The molecule has 1 heterocycles. The summed E-state index contributed by atoms with van der Waals surface area (Å²) in [5.74, 6) is -0.151. The molecule has 1 aliphatic rings. The van der Waals surface area contributed by atoms with Gasteiger partial charge >= 0.3 is 0 Å². The lowest BCUT2D eigenvalue weighted by molar-refractivity contribution is 0.0944. The van der Waals surface area contributed by atoms with E-state index in [0.717, 1.165) is 12.8 Å². The van der Waals surface area contributed by atoms with Crippen LogP contribution >= 0.6 is 35.0 Å². The van der Waals surface area contributed by atoms with E-state index in [0.29, 0.717) is 12.1 Å². The van der Waals surface area contributed by atoms with Gasteiger partial charge in [0.05, 0.1) is 0 Å². The van der Waals surface area contributed by atoms with Crippen LogP contribution in [-0.4, -0.2) is 28.4 Å². The molecule has 6 heteroatoms. The molecule has 0 radical (unpaired) electrons. The van der Waals surface area contributed by atoms with Crippen LogP contribution in [0.4, 0.5) is 0 Å². The first-order valence-corrected chi connectivity index (χ1v) is 7.69. The van der Waals surface area contributed by atoms with Crippen LogP contribution in [0.2, 0.25) is 10.3 Å². The Morgan fingerprint density at radius 3 is 2.50 bits per heavy atom. The van der Waals surface area contributed by atoms with Crippen molar-refractivity contribution < 1.29 is 4.79 Å². The zero-order chi connectivity index (χ0) is 13.2. The number of carbonyl (C=O) groups is 1. The summed E-state index contributed by atoms with van der Waals surface area (Å²) in [6.45, 7) is 0.685. The topological polar surface area (TPSA) is 42.0 Å². The van der Waals surface area contributed by atoms with E-state index in [-0.39, 0.29) is 21.0 Å². The number of hydrogen-bond acceptors (Lipinski definition) is 3. The summed E-state index contributed by atoms with van der Waals surface area (Å²) in [5.41, 5.74) is 0.454. The molecule has 0 aromatic carbocycles. The van der Waals surface area contributed by atoms with E-state index >= 15 is 0 Å². The largest absolute Gasteiger partial charge is 0.351 e. The zero-order valence-electron chi connectivity index (χ0n) is 10.0. The highest BCUT2D eigenvalue weighted by atomic mass is 35.5. The number of thioether (sulfide) groups is 1. The number of aromatic nitrogens is 1. The average molecular weight is 305 g/mol. The Morgan fingerprint density at radius 1 is 1.44 bits per heavy atom. The molecular formula is C12H14Cl2N2OS. The maximum Gasteiger partial charge on any atom is 0.251 e. The molecule has 0 spiro atoms. The van der Waals surface area contributed by atoms with Gasteiger partial charge in [-0.15, -0.1) is 0 Å². The highest BCUT2D eigenvalue weighted by Gasteiger charge is 2.36. The molecule has 0 atom stereocenters. The van der Waals surface area contributed by atoms with E-state index in [4.69, 9.17) is 23.2 Å². The number of nitrogens with zero attached hydrogens (tertiary/aromatic N) is 1. The van der Waals surface area contributed by atoms with E-state index in [1.165, 1.54) is 18.6 Å². The first-order valence-electron chi connectivity index (χ1n) is 5.71. The van der Waals surface area contributed by atoms with Gasteiger partial charge in [-0.3, -0.25) is 4.79 Å². The van der Waals surface area contributed by atoms with Crippen molar-refractivity contribution in [3.63, 3.8) is 0 Å². The minimum absolute atomic E-state index is 0.151. The number of pyridine rings is 1. The van der Waals surface area contributed by atoms with Gasteiger partial charge in [-0.1, -0.05) is 29.6 Å². The lowest BCUT2D eigenvalue weighted by Gasteiger charge is -2.40. The molecule has 18 heavy (non-hydrogen) atoms. The minimum atomic E-state index is -0.151. The van der Waals surface area contributed by atoms with Crippen LogP contribution in [0.25, 0.3) is 0 Å². The Bertz CT molecular complexity index is 438. The fraction of sp³-hybridized carbons (Fsp3) is 0.500. The Labute approximate surface area is 121 Å². The third-order valence-electron chi connectivity index (χ3n) is 3.29. The molecule has 98 valence electrons. The molecule has 2 rings (SSSR count). The number of rotatable bonds is 4. The Hall–Kier alpha value is -0.450. The van der Waals surface area contributed by atoms with Crippen molar-refractivity contribution in [2.45, 2.75) is 24.0 Å². The van der Waals surface area contributed by atoms with Gasteiger partial charge in [0.1, 0.15) is 10.3 Å². The summed E-state index contributed by atoms with van der Waals surface area (Å²) in [6.07, 6.45) is 5.65. The second kappa shape index (κ2) is 5.68. The standard InChI is InChI=1S/C12H14Cl2N2OS/c1-18-12(3-2-4-12)7-15-11(17)8-5-9(13)16-10(14)6-8/h5-6H,2-4,7H2,1H3,(H,15,17). The van der Waals surface area contributed by atoms with Crippen LogP contribution in [0.1, 0.15) is 29.6 Å². The van der Waals surface area contributed by atoms with Gasteiger partial charge in [0.15, 0.2) is 0 Å². The van der Waals surface area contributed by atoms with Gasteiger partial charge < -0.3 is 5.32 Å². The molecule has 1 aromatic heterocycles. The third-order valence-corrected chi connectivity index (χ3v) is 5.10. The highest BCUT2D eigenvalue weighted by molar-refractivity contribution is 8.00. The molecule has 1 amide bonds. The van der Waals surface area contributed by atoms with Crippen molar-refractivity contribution in [3.8, 4) is 0 Å². The second-order valence-electron chi connectivity index (χ2n) is 4.42. The van der Waals surface area contributed by atoms with E-state index < -0.39 is 0 Å². The van der Waals surface area contributed by atoms with E-state index in [2.05, 4.69) is 16.6 Å². The molecule has 1 fully saturated rings. The second-order valence-corrected chi connectivity index (χ2v) is 6.47. The fourth-order valence-electron chi connectivity index (χ4n) is 1.96. The Balaban J connectivity index is 1.99. The molecule has 0 aliphatic heterocycles. The number of amides is 1. The lowest BCUT2D eigenvalue weighted by atomic mass is 9.84. The predicted molar refractivity (Wildman–Crippen MR) is 76.7 cm³/mol. The van der Waals surface area contributed by atoms with Gasteiger partial charge in [-0.2, -0.15) is 11.8 Å². The maximum absolute atomic E-state index is 12.0. The normalized spacial score (nSPS) is 17.1. The number of nitrogens with one attached hydrogen (secondary N) is 1. The van der Waals surface area contributed by atoms with Gasteiger partial charge in [-0.05, 0) is 31.2 Å². The molecule has 0 unspecified atom stereocenters. The SMILES string of the molecule is CSC1(CNC(=O)c2cc(Cl)nc(Cl)c2)CCC1. The van der Waals surface area contributed by atoms with Crippen LogP contribution in [0.3, 0.4) is 0 Å². The van der Waals surface area contributed by atoms with Crippen LogP contribution < -0.4 is 5.32 Å². The first-order chi connectivity index (χ1) is 8.54. The summed E-state index contributed by atoms with van der Waals surface area (Å²) >= 11 is 13.4. The van der Waals surface area contributed by atoms with Crippen LogP contribution in [0.5, 0.6) is 0 Å². The van der Waals surface area contributed by atoms with Gasteiger partial charge in [0, 0.05) is 16.9 Å². The van der Waals surface area contributed by atoms with Crippen molar-refractivity contribution in [1.29, 1.82) is 0 Å². The minimum Gasteiger partial charge on any atom is -0.351 e. The lowest BCUT2D eigenvalue weighted by Crippen LogP contribution is -2.45. The summed E-state index contributed by atoms with van der Waals surface area (Å²) in [4.78, 5) is 15.8. The maximum atomic E-state index is 12.0. The fourth-order valence-corrected chi connectivity index (χ4v) is 3.34. The molecule has 0 saturated heterocycles. The third kappa shape index (κ3) is 3.11. The Kier molecular flexibility index (Phi) is 4.41. The number of halogens is 2. The first kappa shape index (κ1) is 14.0. The Morgan fingerprint density at radius 2 is 2.06 bits per heavy atom.